The maximum atomic E-state index is 13.5. The number of benzene rings is 2. The van der Waals surface area contributed by atoms with Gasteiger partial charge in [-0.05, 0) is 49.1 Å². The van der Waals surface area contributed by atoms with Crippen molar-refractivity contribution in [1.82, 2.24) is 9.55 Å². The van der Waals surface area contributed by atoms with Crippen molar-refractivity contribution in [1.29, 1.82) is 0 Å². The van der Waals surface area contributed by atoms with Crippen molar-refractivity contribution in [2.24, 2.45) is 0 Å². The Morgan fingerprint density at radius 3 is 2.47 bits per heavy atom. The van der Waals surface area contributed by atoms with Crippen LogP contribution in [0, 0.1) is 0 Å². The second kappa shape index (κ2) is 7.85. The highest BCUT2D eigenvalue weighted by Crippen LogP contribution is 2.29. The average Bonchev–Trinajstić information content (AvgIpc) is 2.78. The van der Waals surface area contributed by atoms with E-state index in [2.05, 4.69) is 14.5 Å². The van der Waals surface area contributed by atoms with Crippen LogP contribution in [0.25, 0.3) is 21.1 Å². The Bertz CT molecular complexity index is 1360. The third-order valence-corrected chi connectivity index (χ3v) is 6.78. The third-order valence-electron chi connectivity index (χ3n) is 5.64. The standard InChI is InChI=1S/C23H20ClN3O2S/c24-16-10-8-15(9-11-16)14-27-18-7-3-2-6-17(18)20(28)19-21(25-23(29)30-22(19)27)26-12-4-1-5-13-26/h2-3,6-11H,1,4-5,12-14H2. The number of rotatable bonds is 3. The number of hydrogen-bond donors (Lipinski definition) is 0. The summed E-state index contributed by atoms with van der Waals surface area (Å²) in [5.41, 5.74) is 1.80. The molecule has 5 nitrogen and oxygen atoms in total. The van der Waals surface area contributed by atoms with Crippen molar-refractivity contribution in [3.63, 3.8) is 0 Å². The van der Waals surface area contributed by atoms with Crippen LogP contribution in [0.3, 0.4) is 0 Å². The first kappa shape index (κ1) is 19.3. The number of piperidine rings is 1. The molecular weight excluding hydrogens is 418 g/mol. The van der Waals surface area contributed by atoms with Crippen LogP contribution in [0.1, 0.15) is 24.8 Å². The Balaban J connectivity index is 1.83. The molecule has 4 aromatic rings. The zero-order valence-electron chi connectivity index (χ0n) is 16.3. The van der Waals surface area contributed by atoms with E-state index in [4.69, 9.17) is 11.6 Å². The van der Waals surface area contributed by atoms with E-state index in [0.29, 0.717) is 33.0 Å². The van der Waals surface area contributed by atoms with Crippen molar-refractivity contribution in [2.75, 3.05) is 18.0 Å². The third kappa shape index (κ3) is 3.40. The van der Waals surface area contributed by atoms with Crippen molar-refractivity contribution in [3.8, 4) is 0 Å². The predicted molar refractivity (Wildman–Crippen MR) is 124 cm³/mol. The van der Waals surface area contributed by atoms with E-state index in [9.17, 15) is 9.59 Å². The molecule has 2 aromatic heterocycles. The molecule has 0 saturated carbocycles. The Morgan fingerprint density at radius 1 is 0.967 bits per heavy atom. The SMILES string of the molecule is O=c1nc(N2CCCCC2)c2c(=O)c3ccccc3n(Cc3ccc(Cl)cc3)c2s1. The van der Waals surface area contributed by atoms with E-state index < -0.39 is 0 Å². The van der Waals surface area contributed by atoms with Gasteiger partial charge in [0.2, 0.25) is 5.43 Å². The lowest BCUT2D eigenvalue weighted by atomic mass is 10.1. The number of halogens is 1. The number of para-hydroxylation sites is 1. The van der Waals surface area contributed by atoms with E-state index in [-0.39, 0.29) is 10.3 Å². The minimum atomic E-state index is -0.275. The molecular formula is C23H20ClN3O2S. The molecule has 1 aliphatic rings. The van der Waals surface area contributed by atoms with Crippen LogP contribution in [0.2, 0.25) is 5.02 Å². The minimum Gasteiger partial charge on any atom is -0.356 e. The molecule has 1 aliphatic heterocycles. The first-order valence-electron chi connectivity index (χ1n) is 10.1. The molecule has 2 aromatic carbocycles. The summed E-state index contributed by atoms with van der Waals surface area (Å²) in [4.78, 5) is 32.9. The molecule has 0 radical (unpaired) electrons. The van der Waals surface area contributed by atoms with Gasteiger partial charge in [-0.3, -0.25) is 9.59 Å². The summed E-state index contributed by atoms with van der Waals surface area (Å²) in [6.07, 6.45) is 3.25. The fraction of sp³-hybridized carbons (Fsp3) is 0.261. The highest BCUT2D eigenvalue weighted by molar-refractivity contribution is 7.15. The number of anilines is 1. The molecule has 30 heavy (non-hydrogen) atoms. The van der Waals surface area contributed by atoms with Crippen LogP contribution >= 0.6 is 22.9 Å². The molecule has 0 amide bonds. The molecule has 5 rings (SSSR count). The summed E-state index contributed by atoms with van der Waals surface area (Å²) in [6.45, 7) is 2.17. The highest BCUT2D eigenvalue weighted by atomic mass is 35.5. The molecule has 0 spiro atoms. The molecule has 0 atom stereocenters. The Labute approximate surface area is 182 Å². The van der Waals surface area contributed by atoms with Gasteiger partial charge in [-0.25, -0.2) is 0 Å². The molecule has 0 bridgehead atoms. The number of fused-ring (bicyclic) bond motifs is 2. The minimum absolute atomic E-state index is 0.0581. The van der Waals surface area contributed by atoms with Crippen LogP contribution in [-0.2, 0) is 6.54 Å². The Morgan fingerprint density at radius 2 is 1.70 bits per heavy atom. The fourth-order valence-corrected chi connectivity index (χ4v) is 5.17. The number of hydrogen-bond acceptors (Lipinski definition) is 5. The maximum Gasteiger partial charge on any atom is 0.330 e. The van der Waals surface area contributed by atoms with Crippen LogP contribution < -0.4 is 15.2 Å². The lowest BCUT2D eigenvalue weighted by molar-refractivity contribution is 0.574. The normalized spacial score (nSPS) is 14.5. The topological polar surface area (TPSA) is 55.2 Å². The van der Waals surface area contributed by atoms with Gasteiger partial charge >= 0.3 is 4.87 Å². The molecule has 3 heterocycles. The van der Waals surface area contributed by atoms with Crippen molar-refractivity contribution in [3.05, 3.63) is 79.0 Å². The monoisotopic (exact) mass is 437 g/mol. The van der Waals surface area contributed by atoms with Crippen LogP contribution in [0.15, 0.2) is 58.1 Å². The van der Waals surface area contributed by atoms with Crippen LogP contribution in [-0.4, -0.2) is 22.6 Å². The summed E-state index contributed by atoms with van der Waals surface area (Å²) in [7, 11) is 0. The summed E-state index contributed by atoms with van der Waals surface area (Å²) < 4.78 is 2.07. The van der Waals surface area contributed by atoms with Crippen LogP contribution in [0.5, 0.6) is 0 Å². The van der Waals surface area contributed by atoms with E-state index in [1.807, 2.05) is 48.5 Å². The molecule has 7 heteroatoms. The molecule has 0 N–H and O–H groups in total. The lowest BCUT2D eigenvalue weighted by Crippen LogP contribution is -2.32. The quantitative estimate of drug-likeness (QED) is 0.437. The Kier molecular flexibility index (Phi) is 5.05. The van der Waals surface area contributed by atoms with Crippen molar-refractivity contribution < 1.29 is 0 Å². The second-order valence-electron chi connectivity index (χ2n) is 7.59. The molecule has 0 unspecified atom stereocenters. The van der Waals surface area contributed by atoms with E-state index >= 15 is 0 Å². The van der Waals surface area contributed by atoms with E-state index in [1.165, 1.54) is 0 Å². The van der Waals surface area contributed by atoms with Gasteiger partial charge in [0.1, 0.15) is 10.6 Å². The number of aromatic nitrogens is 2. The van der Waals surface area contributed by atoms with Gasteiger partial charge in [0, 0.05) is 30.0 Å². The van der Waals surface area contributed by atoms with Gasteiger partial charge in [-0.15, -0.1) is 0 Å². The maximum absolute atomic E-state index is 13.5. The van der Waals surface area contributed by atoms with Gasteiger partial charge in [0.05, 0.1) is 10.9 Å². The summed E-state index contributed by atoms with van der Waals surface area (Å²) in [6, 6.07) is 15.2. The zero-order valence-corrected chi connectivity index (χ0v) is 17.9. The Hall–Kier alpha value is -2.70. The second-order valence-corrected chi connectivity index (χ2v) is 8.97. The van der Waals surface area contributed by atoms with E-state index in [1.54, 1.807) is 0 Å². The van der Waals surface area contributed by atoms with Crippen molar-refractivity contribution >= 4 is 49.9 Å². The molecule has 0 aliphatic carbocycles. The molecule has 1 fully saturated rings. The first-order chi connectivity index (χ1) is 14.6. The fourth-order valence-electron chi connectivity index (χ4n) is 4.19. The van der Waals surface area contributed by atoms with Crippen molar-refractivity contribution in [2.45, 2.75) is 25.8 Å². The van der Waals surface area contributed by atoms with Gasteiger partial charge in [-0.2, -0.15) is 4.98 Å². The average molecular weight is 438 g/mol. The molecule has 1 saturated heterocycles. The molecule has 152 valence electrons. The first-order valence-corrected chi connectivity index (χ1v) is 11.3. The summed E-state index contributed by atoms with van der Waals surface area (Å²) >= 11 is 7.09. The number of pyridine rings is 1. The summed E-state index contributed by atoms with van der Waals surface area (Å²) in [5, 5.41) is 1.87. The highest BCUT2D eigenvalue weighted by Gasteiger charge is 2.22. The summed E-state index contributed by atoms with van der Waals surface area (Å²) in [5.74, 6) is 0.536. The van der Waals surface area contributed by atoms with Gasteiger partial charge in [-0.1, -0.05) is 47.2 Å². The van der Waals surface area contributed by atoms with Gasteiger partial charge in [0.15, 0.2) is 0 Å². The number of nitrogens with zero attached hydrogens (tertiary/aromatic N) is 3. The zero-order chi connectivity index (χ0) is 20.7. The smallest absolute Gasteiger partial charge is 0.330 e. The van der Waals surface area contributed by atoms with Gasteiger partial charge < -0.3 is 9.47 Å². The van der Waals surface area contributed by atoms with E-state index in [0.717, 1.165) is 54.8 Å². The van der Waals surface area contributed by atoms with Crippen LogP contribution in [0.4, 0.5) is 5.82 Å². The largest absolute Gasteiger partial charge is 0.356 e. The predicted octanol–water partition coefficient (Wildman–Crippen LogP) is 4.66. The lowest BCUT2D eigenvalue weighted by Gasteiger charge is -2.28. The van der Waals surface area contributed by atoms with Gasteiger partial charge in [0.25, 0.3) is 0 Å².